The van der Waals surface area contributed by atoms with E-state index in [1.807, 2.05) is 19.1 Å². The van der Waals surface area contributed by atoms with E-state index in [-0.39, 0.29) is 11.4 Å². The lowest BCUT2D eigenvalue weighted by Gasteiger charge is -2.14. The molecule has 0 N–H and O–H groups in total. The van der Waals surface area contributed by atoms with Crippen LogP contribution in [0.25, 0.3) is 22.2 Å². The summed E-state index contributed by atoms with van der Waals surface area (Å²) in [5.41, 5.74) is 4.73. The molecule has 33 heavy (non-hydrogen) atoms. The van der Waals surface area contributed by atoms with Gasteiger partial charge in [0.05, 0.1) is 30.8 Å². The molecule has 2 aromatic heterocycles. The number of benzene rings is 2. The van der Waals surface area contributed by atoms with Crippen molar-refractivity contribution in [2.24, 2.45) is 7.05 Å². The molecule has 6 nitrogen and oxygen atoms in total. The SMILES string of the molecule is CCc1cc(-c2cc(C)cc(F)c2)ncc1Cc1nc2cc(OC)c(OC)cc2c(=O)n1C. The van der Waals surface area contributed by atoms with E-state index >= 15 is 0 Å². The minimum absolute atomic E-state index is 0.159. The summed E-state index contributed by atoms with van der Waals surface area (Å²) in [6.07, 6.45) is 3.00. The molecule has 0 unspecified atom stereocenters. The van der Waals surface area contributed by atoms with E-state index in [1.165, 1.54) is 19.2 Å². The van der Waals surface area contributed by atoms with E-state index in [0.717, 1.165) is 34.4 Å². The van der Waals surface area contributed by atoms with Crippen molar-refractivity contribution in [3.8, 4) is 22.8 Å². The minimum atomic E-state index is -0.281. The van der Waals surface area contributed by atoms with Gasteiger partial charge in [0.15, 0.2) is 11.5 Å². The van der Waals surface area contributed by atoms with Crippen LogP contribution >= 0.6 is 0 Å². The number of fused-ring (bicyclic) bond motifs is 1. The number of aryl methyl sites for hydroxylation is 2. The predicted octanol–water partition coefficient (Wildman–Crippen LogP) is 4.61. The Kier molecular flexibility index (Phi) is 6.14. The first kappa shape index (κ1) is 22.5. The Bertz CT molecular complexity index is 1390. The summed E-state index contributed by atoms with van der Waals surface area (Å²) in [5.74, 6) is 1.33. The molecule has 7 heteroatoms. The smallest absolute Gasteiger partial charge is 0.261 e. The van der Waals surface area contributed by atoms with E-state index in [1.54, 1.807) is 37.1 Å². The number of halogens is 1. The van der Waals surface area contributed by atoms with Crippen molar-refractivity contribution < 1.29 is 13.9 Å². The zero-order valence-corrected chi connectivity index (χ0v) is 19.4. The second kappa shape index (κ2) is 9.02. The molecule has 4 aromatic rings. The molecule has 2 heterocycles. The molecule has 170 valence electrons. The quantitative estimate of drug-likeness (QED) is 0.432. The number of hydrogen-bond acceptors (Lipinski definition) is 5. The van der Waals surface area contributed by atoms with E-state index in [0.29, 0.717) is 34.6 Å². The first-order chi connectivity index (χ1) is 15.8. The number of aromatic nitrogens is 3. The molecule has 0 amide bonds. The van der Waals surface area contributed by atoms with Crippen LogP contribution < -0.4 is 15.0 Å². The van der Waals surface area contributed by atoms with Gasteiger partial charge in [-0.05, 0) is 60.4 Å². The third-order valence-corrected chi connectivity index (χ3v) is 5.82. The molecule has 0 radical (unpaired) electrons. The molecule has 4 rings (SSSR count). The normalized spacial score (nSPS) is 11.1. The number of rotatable bonds is 6. The third kappa shape index (κ3) is 4.31. The molecule has 0 spiro atoms. The zero-order chi connectivity index (χ0) is 23.7. The topological polar surface area (TPSA) is 66.2 Å². The first-order valence-corrected chi connectivity index (χ1v) is 10.7. The zero-order valence-electron chi connectivity index (χ0n) is 19.4. The van der Waals surface area contributed by atoms with Gasteiger partial charge in [0, 0.05) is 31.3 Å². The fourth-order valence-corrected chi connectivity index (χ4v) is 4.03. The van der Waals surface area contributed by atoms with Gasteiger partial charge in [-0.25, -0.2) is 9.37 Å². The lowest BCUT2D eigenvalue weighted by molar-refractivity contribution is 0.355. The van der Waals surface area contributed by atoms with E-state index in [9.17, 15) is 9.18 Å². The summed E-state index contributed by atoms with van der Waals surface area (Å²) < 4.78 is 26.1. The van der Waals surface area contributed by atoms with Gasteiger partial charge >= 0.3 is 0 Å². The van der Waals surface area contributed by atoms with Gasteiger partial charge in [0.1, 0.15) is 11.6 Å². The highest BCUT2D eigenvalue weighted by Gasteiger charge is 2.15. The Balaban J connectivity index is 1.77. The lowest BCUT2D eigenvalue weighted by Crippen LogP contribution is -2.23. The summed E-state index contributed by atoms with van der Waals surface area (Å²) in [6.45, 7) is 3.92. The lowest BCUT2D eigenvalue weighted by atomic mass is 10.00. The average Bonchev–Trinajstić information content (AvgIpc) is 2.81. The Morgan fingerprint density at radius 3 is 2.39 bits per heavy atom. The Hall–Kier alpha value is -3.74. The average molecular weight is 448 g/mol. The monoisotopic (exact) mass is 447 g/mol. The molecule has 0 saturated heterocycles. The van der Waals surface area contributed by atoms with Gasteiger partial charge in [-0.2, -0.15) is 0 Å². The first-order valence-electron chi connectivity index (χ1n) is 10.7. The molecule has 2 aromatic carbocycles. The Morgan fingerprint density at radius 2 is 1.73 bits per heavy atom. The van der Waals surface area contributed by atoms with Crippen LogP contribution in [0.3, 0.4) is 0 Å². The summed E-state index contributed by atoms with van der Waals surface area (Å²) >= 11 is 0. The maximum Gasteiger partial charge on any atom is 0.261 e. The summed E-state index contributed by atoms with van der Waals surface area (Å²) in [4.78, 5) is 22.4. The van der Waals surface area contributed by atoms with Crippen molar-refractivity contribution in [1.29, 1.82) is 0 Å². The minimum Gasteiger partial charge on any atom is -0.493 e. The highest BCUT2D eigenvalue weighted by Crippen LogP contribution is 2.30. The van der Waals surface area contributed by atoms with Crippen LogP contribution in [0.1, 0.15) is 29.4 Å². The van der Waals surface area contributed by atoms with Gasteiger partial charge in [0.2, 0.25) is 0 Å². The summed E-state index contributed by atoms with van der Waals surface area (Å²) in [5, 5.41) is 0.463. The summed E-state index contributed by atoms with van der Waals surface area (Å²) in [7, 11) is 4.79. The van der Waals surface area contributed by atoms with Crippen molar-refractivity contribution in [3.05, 3.63) is 81.3 Å². The molecule has 0 bridgehead atoms. The number of pyridine rings is 1. The second-order valence-corrected chi connectivity index (χ2v) is 8.00. The number of hydrogen-bond donors (Lipinski definition) is 0. The van der Waals surface area contributed by atoms with Crippen LogP contribution in [-0.2, 0) is 19.9 Å². The predicted molar refractivity (Wildman–Crippen MR) is 127 cm³/mol. The van der Waals surface area contributed by atoms with E-state index in [2.05, 4.69) is 11.9 Å². The molecule has 0 aliphatic heterocycles. The summed E-state index contributed by atoms with van der Waals surface area (Å²) in [6, 6.07) is 10.3. The Labute approximate surface area is 191 Å². The maximum absolute atomic E-state index is 13.9. The molecule has 0 atom stereocenters. The van der Waals surface area contributed by atoms with Crippen molar-refractivity contribution >= 4 is 10.9 Å². The number of methoxy groups -OCH3 is 2. The van der Waals surface area contributed by atoms with E-state index in [4.69, 9.17) is 14.5 Å². The van der Waals surface area contributed by atoms with Crippen LogP contribution in [-0.4, -0.2) is 28.8 Å². The fourth-order valence-electron chi connectivity index (χ4n) is 4.03. The Morgan fingerprint density at radius 1 is 1.00 bits per heavy atom. The van der Waals surface area contributed by atoms with Gasteiger partial charge in [-0.3, -0.25) is 14.3 Å². The second-order valence-electron chi connectivity index (χ2n) is 8.00. The standard InChI is InChI=1S/C26H26FN3O3/c1-6-16-10-21(17-7-15(2)8-19(27)9-17)28-14-18(16)11-25-29-22-13-24(33-5)23(32-4)12-20(22)26(31)30(25)3/h7-10,12-14H,6,11H2,1-5H3. The van der Waals surface area contributed by atoms with Gasteiger partial charge in [-0.1, -0.05) is 6.92 Å². The number of ether oxygens (including phenoxy) is 2. The van der Waals surface area contributed by atoms with Crippen LogP contribution in [0.5, 0.6) is 11.5 Å². The van der Waals surface area contributed by atoms with Crippen LogP contribution in [0.15, 0.2) is 47.4 Å². The maximum atomic E-state index is 13.9. The molecule has 0 aliphatic carbocycles. The molecule has 0 fully saturated rings. The highest BCUT2D eigenvalue weighted by atomic mass is 19.1. The van der Waals surface area contributed by atoms with Crippen LogP contribution in [0.4, 0.5) is 4.39 Å². The van der Waals surface area contributed by atoms with Crippen molar-refractivity contribution in [2.45, 2.75) is 26.7 Å². The van der Waals surface area contributed by atoms with Crippen molar-refractivity contribution in [2.75, 3.05) is 14.2 Å². The largest absolute Gasteiger partial charge is 0.493 e. The van der Waals surface area contributed by atoms with Crippen LogP contribution in [0, 0.1) is 12.7 Å². The number of nitrogens with zero attached hydrogens (tertiary/aromatic N) is 3. The molecular weight excluding hydrogens is 421 g/mol. The third-order valence-electron chi connectivity index (χ3n) is 5.82. The van der Waals surface area contributed by atoms with Crippen LogP contribution in [0.2, 0.25) is 0 Å². The van der Waals surface area contributed by atoms with Crippen molar-refractivity contribution in [1.82, 2.24) is 14.5 Å². The fraction of sp³-hybridized carbons (Fsp3) is 0.269. The highest BCUT2D eigenvalue weighted by molar-refractivity contribution is 5.82. The van der Waals surface area contributed by atoms with Gasteiger partial charge in [-0.15, -0.1) is 0 Å². The van der Waals surface area contributed by atoms with Gasteiger partial charge in [0.25, 0.3) is 5.56 Å². The van der Waals surface area contributed by atoms with Crippen molar-refractivity contribution in [3.63, 3.8) is 0 Å². The van der Waals surface area contributed by atoms with Gasteiger partial charge < -0.3 is 9.47 Å². The molecular formula is C26H26FN3O3. The molecule has 0 aliphatic rings. The molecule has 0 saturated carbocycles. The van der Waals surface area contributed by atoms with E-state index < -0.39 is 0 Å².